The number of aromatic carboxylic acids is 1. The predicted octanol–water partition coefficient (Wildman–Crippen LogP) is 3.82. The Labute approximate surface area is 131 Å². The van der Waals surface area contributed by atoms with E-state index in [0.29, 0.717) is 17.0 Å². The van der Waals surface area contributed by atoms with Crippen LogP contribution in [-0.4, -0.2) is 23.4 Å². The van der Waals surface area contributed by atoms with Crippen molar-refractivity contribution in [2.24, 2.45) is 5.10 Å². The Hall–Kier alpha value is -2.96. The maximum absolute atomic E-state index is 12.4. The van der Waals surface area contributed by atoms with Crippen LogP contribution in [-0.2, 0) is 0 Å². The highest BCUT2D eigenvalue weighted by Gasteiger charge is 2.11. The summed E-state index contributed by atoms with van der Waals surface area (Å²) in [5.74, 6) is -0.985. The van der Waals surface area contributed by atoms with Crippen molar-refractivity contribution in [3.05, 3.63) is 59.7 Å². The van der Waals surface area contributed by atoms with Crippen molar-refractivity contribution in [1.29, 1.82) is 0 Å². The lowest BCUT2D eigenvalue weighted by Gasteiger charge is -2.10. The average molecular weight is 320 g/mol. The molecule has 0 aliphatic carbocycles. The summed E-state index contributed by atoms with van der Waals surface area (Å²) in [6.45, 7) is -1.27. The first-order chi connectivity index (χ1) is 11.0. The van der Waals surface area contributed by atoms with Gasteiger partial charge in [-0.3, -0.25) is 5.43 Å². The number of ether oxygens (including phenoxy) is 1. The first kappa shape index (κ1) is 16.4. The highest BCUT2D eigenvalue weighted by molar-refractivity contribution is 6.01. The van der Waals surface area contributed by atoms with Crippen LogP contribution in [0.4, 0.5) is 14.5 Å². The van der Waals surface area contributed by atoms with Gasteiger partial charge in [-0.1, -0.05) is 12.1 Å². The molecule has 0 amide bonds. The van der Waals surface area contributed by atoms with Crippen LogP contribution in [0.1, 0.15) is 22.8 Å². The minimum atomic E-state index is -2.92. The SMILES string of the molecule is C/C(=N\Nc1ccc(C(=O)O)cc1)c1ccccc1OC(F)F. The number of hydrogen-bond donors (Lipinski definition) is 2. The molecule has 0 saturated heterocycles. The van der Waals surface area contributed by atoms with Gasteiger partial charge in [0.25, 0.3) is 0 Å². The van der Waals surface area contributed by atoms with E-state index in [1.165, 1.54) is 18.2 Å². The van der Waals surface area contributed by atoms with Gasteiger partial charge in [-0.25, -0.2) is 4.79 Å². The Morgan fingerprint density at radius 2 is 1.83 bits per heavy atom. The molecule has 0 atom stereocenters. The summed E-state index contributed by atoms with van der Waals surface area (Å²) < 4.78 is 29.2. The standard InChI is InChI=1S/C16H14F2N2O3/c1-10(13-4-2-3-5-14(13)23-16(17)18)19-20-12-8-6-11(7-9-12)15(21)22/h2-9,16,20H,1H3,(H,21,22)/b19-10+. The number of anilines is 1. The number of halogens is 2. The first-order valence-corrected chi connectivity index (χ1v) is 6.65. The molecular weight excluding hydrogens is 306 g/mol. The van der Waals surface area contributed by atoms with Crippen molar-refractivity contribution in [2.75, 3.05) is 5.43 Å². The van der Waals surface area contributed by atoms with Crippen molar-refractivity contribution in [1.82, 2.24) is 0 Å². The molecule has 2 aromatic rings. The average Bonchev–Trinajstić information content (AvgIpc) is 2.53. The van der Waals surface area contributed by atoms with Gasteiger partial charge >= 0.3 is 12.6 Å². The van der Waals surface area contributed by atoms with E-state index in [4.69, 9.17) is 5.11 Å². The van der Waals surface area contributed by atoms with Crippen molar-refractivity contribution in [3.8, 4) is 5.75 Å². The predicted molar refractivity (Wildman–Crippen MR) is 82.3 cm³/mol. The van der Waals surface area contributed by atoms with E-state index in [-0.39, 0.29) is 11.3 Å². The number of carboxylic acid groups (broad SMARTS) is 1. The van der Waals surface area contributed by atoms with Gasteiger partial charge in [-0.05, 0) is 43.3 Å². The molecule has 0 radical (unpaired) electrons. The Balaban J connectivity index is 2.15. The van der Waals surface area contributed by atoms with Crippen LogP contribution in [0.5, 0.6) is 5.75 Å². The number of alkyl halides is 2. The molecule has 2 N–H and O–H groups in total. The molecule has 0 unspecified atom stereocenters. The fourth-order valence-corrected chi connectivity index (χ4v) is 1.86. The second-order valence-electron chi connectivity index (χ2n) is 4.57. The molecule has 0 spiro atoms. The van der Waals surface area contributed by atoms with Crippen LogP contribution in [0.2, 0.25) is 0 Å². The van der Waals surface area contributed by atoms with Crippen molar-refractivity contribution < 1.29 is 23.4 Å². The Bertz CT molecular complexity index is 716. The number of carbonyl (C=O) groups is 1. The third kappa shape index (κ3) is 4.50. The Kier molecular flexibility index (Phi) is 5.24. The summed E-state index contributed by atoms with van der Waals surface area (Å²) in [4.78, 5) is 10.8. The van der Waals surface area contributed by atoms with E-state index in [0.717, 1.165) is 0 Å². The highest BCUT2D eigenvalue weighted by atomic mass is 19.3. The maximum Gasteiger partial charge on any atom is 0.387 e. The number of rotatable bonds is 6. The number of benzene rings is 2. The summed E-state index contributed by atoms with van der Waals surface area (Å²) in [6, 6.07) is 12.3. The molecule has 0 saturated carbocycles. The monoisotopic (exact) mass is 320 g/mol. The fourth-order valence-electron chi connectivity index (χ4n) is 1.86. The molecule has 2 rings (SSSR count). The van der Waals surface area contributed by atoms with Crippen LogP contribution in [0.15, 0.2) is 53.6 Å². The second kappa shape index (κ2) is 7.35. The van der Waals surface area contributed by atoms with Gasteiger partial charge in [0.1, 0.15) is 5.75 Å². The van der Waals surface area contributed by atoms with Gasteiger partial charge in [-0.2, -0.15) is 13.9 Å². The molecule has 0 aromatic heterocycles. The topological polar surface area (TPSA) is 70.9 Å². The molecule has 0 bridgehead atoms. The minimum absolute atomic E-state index is 0.0341. The van der Waals surface area contributed by atoms with Gasteiger partial charge in [0.15, 0.2) is 0 Å². The number of carboxylic acids is 1. The fraction of sp³-hybridized carbons (Fsp3) is 0.125. The lowest BCUT2D eigenvalue weighted by atomic mass is 10.1. The molecule has 23 heavy (non-hydrogen) atoms. The number of nitrogens with one attached hydrogen (secondary N) is 1. The van der Waals surface area contributed by atoms with Gasteiger partial charge < -0.3 is 9.84 Å². The van der Waals surface area contributed by atoms with Gasteiger partial charge in [0.2, 0.25) is 0 Å². The summed E-state index contributed by atoms with van der Waals surface area (Å²) in [6.07, 6.45) is 0. The quantitative estimate of drug-likeness (QED) is 0.627. The molecule has 5 nitrogen and oxygen atoms in total. The Morgan fingerprint density at radius 1 is 1.17 bits per heavy atom. The lowest BCUT2D eigenvalue weighted by molar-refractivity contribution is -0.0499. The van der Waals surface area contributed by atoms with Crippen LogP contribution < -0.4 is 10.2 Å². The molecule has 0 fully saturated rings. The first-order valence-electron chi connectivity index (χ1n) is 6.65. The lowest BCUT2D eigenvalue weighted by Crippen LogP contribution is -2.08. The van der Waals surface area contributed by atoms with E-state index in [9.17, 15) is 13.6 Å². The largest absolute Gasteiger partial charge is 0.478 e. The van der Waals surface area contributed by atoms with Crippen LogP contribution in [0.3, 0.4) is 0 Å². The summed E-state index contributed by atoms with van der Waals surface area (Å²) in [7, 11) is 0. The van der Waals surface area contributed by atoms with E-state index in [1.54, 1.807) is 37.3 Å². The number of hydrazone groups is 1. The van der Waals surface area contributed by atoms with E-state index >= 15 is 0 Å². The molecule has 0 aliphatic heterocycles. The van der Waals surface area contributed by atoms with Crippen molar-refractivity contribution in [2.45, 2.75) is 13.5 Å². The zero-order valence-corrected chi connectivity index (χ0v) is 12.2. The van der Waals surface area contributed by atoms with Crippen LogP contribution in [0.25, 0.3) is 0 Å². The van der Waals surface area contributed by atoms with Crippen molar-refractivity contribution >= 4 is 17.4 Å². The normalized spacial score (nSPS) is 11.4. The van der Waals surface area contributed by atoms with Crippen LogP contribution >= 0.6 is 0 Å². The van der Waals surface area contributed by atoms with Gasteiger partial charge in [-0.15, -0.1) is 0 Å². The van der Waals surface area contributed by atoms with E-state index in [1.807, 2.05) is 0 Å². The molecule has 120 valence electrons. The smallest absolute Gasteiger partial charge is 0.387 e. The molecule has 0 heterocycles. The van der Waals surface area contributed by atoms with Gasteiger partial charge in [0.05, 0.1) is 17.0 Å². The zero-order valence-electron chi connectivity index (χ0n) is 12.2. The van der Waals surface area contributed by atoms with E-state index in [2.05, 4.69) is 15.3 Å². The third-order valence-corrected chi connectivity index (χ3v) is 2.98. The third-order valence-electron chi connectivity index (χ3n) is 2.98. The summed E-state index contributed by atoms with van der Waals surface area (Å²) >= 11 is 0. The molecule has 0 aliphatic rings. The summed E-state index contributed by atoms with van der Waals surface area (Å²) in [5.41, 5.74) is 4.35. The summed E-state index contributed by atoms with van der Waals surface area (Å²) in [5, 5.41) is 12.9. The molecule has 2 aromatic carbocycles. The highest BCUT2D eigenvalue weighted by Crippen LogP contribution is 2.21. The number of hydrogen-bond acceptors (Lipinski definition) is 4. The minimum Gasteiger partial charge on any atom is -0.478 e. The van der Waals surface area contributed by atoms with Crippen molar-refractivity contribution in [3.63, 3.8) is 0 Å². The number of nitrogens with zero attached hydrogens (tertiary/aromatic N) is 1. The second-order valence-corrected chi connectivity index (χ2v) is 4.57. The zero-order chi connectivity index (χ0) is 16.8. The number of para-hydroxylation sites is 1. The molecular formula is C16H14F2N2O3. The van der Waals surface area contributed by atoms with Gasteiger partial charge in [0, 0.05) is 5.56 Å². The maximum atomic E-state index is 12.4. The molecule has 7 heteroatoms. The van der Waals surface area contributed by atoms with E-state index < -0.39 is 12.6 Å². The van der Waals surface area contributed by atoms with Crippen LogP contribution in [0, 0.1) is 0 Å². The Morgan fingerprint density at radius 3 is 2.43 bits per heavy atom.